The summed E-state index contributed by atoms with van der Waals surface area (Å²) in [6.45, 7) is 4.27. The molecule has 5 saturated carbocycles. The maximum Gasteiger partial charge on any atom is 0.394 e. The van der Waals surface area contributed by atoms with Crippen molar-refractivity contribution >= 4 is 65.0 Å². The molecule has 3 saturated heterocycles. The first-order valence-corrected chi connectivity index (χ1v) is 38.7. The van der Waals surface area contributed by atoms with Crippen molar-refractivity contribution in [3.05, 3.63) is 12.2 Å². The Morgan fingerprint density at radius 3 is 1.85 bits per heavy atom. The Labute approximate surface area is 614 Å². The Morgan fingerprint density at radius 2 is 1.24 bits per heavy atom. The predicted molar refractivity (Wildman–Crippen MR) is 374 cm³/mol. The summed E-state index contributed by atoms with van der Waals surface area (Å²) in [4.78, 5) is 177. The second kappa shape index (κ2) is 35.6. The average Bonchev–Trinajstić information content (AvgIpc) is 1.50. The molecule has 9 rings (SSSR count). The highest BCUT2D eigenvalue weighted by Crippen LogP contribution is 2.45. The Hall–Kier alpha value is -6.59. The fourth-order valence-electron chi connectivity index (χ4n) is 17.9. The van der Waals surface area contributed by atoms with Crippen LogP contribution in [0.1, 0.15) is 194 Å². The van der Waals surface area contributed by atoms with Gasteiger partial charge >= 0.3 is 12.4 Å². The summed E-state index contributed by atoms with van der Waals surface area (Å²) in [5.41, 5.74) is -1.52. The third-order valence-corrected chi connectivity index (χ3v) is 25.0. The van der Waals surface area contributed by atoms with E-state index in [1.807, 2.05) is 6.92 Å². The Kier molecular flexibility index (Phi) is 28.0. The molecule has 4 aliphatic heterocycles. The number of carbonyl (C=O) groups excluding carboxylic acids is 11. The van der Waals surface area contributed by atoms with Gasteiger partial charge in [0.2, 0.25) is 65.0 Å². The van der Waals surface area contributed by atoms with E-state index in [0.717, 1.165) is 35.5 Å². The number of rotatable bonds is 13. The number of hydrogen-bond donors (Lipinski definition) is 3. The molecule has 0 aromatic carbocycles. The topological polar surface area (TPSA) is 268 Å². The highest BCUT2D eigenvalue weighted by atomic mass is 19.4. The third-order valence-electron chi connectivity index (χ3n) is 25.0. The van der Waals surface area contributed by atoms with Gasteiger partial charge in [0.05, 0.1) is 37.1 Å². The molecule has 3 N–H and O–H groups in total. The van der Waals surface area contributed by atoms with Gasteiger partial charge < -0.3 is 64.6 Å². The van der Waals surface area contributed by atoms with Crippen LogP contribution >= 0.6 is 0 Å². The standard InChI is InChI=1S/C75H115F6N11O13/c1-10-45(3)63-70(101)86(5)44-62(95)87(6)55-22-13-12-16-35-91(69(55)100)58(38-47-25-29-50(30-26-47)74(76,77)78)68(99)85(4)43-60(93)82-54(32-28-48-27-31-53(75(79,80)81)59(39-48)104-9)67(98)92-42-52(105-11-2)41-57(92)66(97)84-73(33-18-34-73)72(103)89(8)64(49-19-14-15-20-49)71(102)90-36-17-21-51(90)40-61(94)88(7)56(65(96)83-63)37-46-23-24-46/h12-13,45-59,63-64H,10-11,14-44H2,1-9H3,(H,82,93)(H,83,96)(H,84,97)/b13-12-/t45-,47?,48?,50?,51+,52+,53?,54-,55-,56-,57-,58-,59?,63-,64-/m0/s1. The molecule has 5 aliphatic carbocycles. The lowest BCUT2D eigenvalue weighted by Crippen LogP contribution is -2.68. The van der Waals surface area contributed by atoms with Crippen LogP contribution in [-0.4, -0.2) is 264 Å². The molecule has 590 valence electrons. The van der Waals surface area contributed by atoms with Crippen LogP contribution < -0.4 is 16.0 Å². The van der Waals surface area contributed by atoms with Crippen molar-refractivity contribution in [2.45, 2.75) is 273 Å². The molecule has 11 amide bonds. The maximum atomic E-state index is 15.6. The summed E-state index contributed by atoms with van der Waals surface area (Å²) in [5.74, 6) is -11.8. The molecule has 105 heavy (non-hydrogen) atoms. The molecule has 9 aliphatic rings. The molecular formula is C75H115F6N11O13. The second-order valence-electron chi connectivity index (χ2n) is 32.0. The molecule has 0 aromatic heterocycles. The van der Waals surface area contributed by atoms with Crippen LogP contribution in [0.2, 0.25) is 0 Å². The molecule has 13 atom stereocenters. The van der Waals surface area contributed by atoms with Gasteiger partial charge in [-0.15, -0.1) is 0 Å². The molecule has 2 bridgehead atoms. The lowest BCUT2D eigenvalue weighted by Gasteiger charge is -2.46. The monoisotopic (exact) mass is 1490 g/mol. The Bertz CT molecular complexity index is 3140. The Balaban J connectivity index is 1.08. The van der Waals surface area contributed by atoms with Crippen molar-refractivity contribution in [2.24, 2.45) is 41.4 Å². The number of amides is 11. The van der Waals surface area contributed by atoms with Gasteiger partial charge in [0, 0.05) is 87.5 Å². The summed E-state index contributed by atoms with van der Waals surface area (Å²) >= 11 is 0. The molecule has 30 heteroatoms. The van der Waals surface area contributed by atoms with Gasteiger partial charge in [0.15, 0.2) is 0 Å². The SMILES string of the molecule is CCO[C@@H]1C[C@H]2C(=O)NC3(CCC3)C(=O)N(C)[C@@H](C3CCCC3)C(=O)N3CCC[C@@H]3CC(=O)N(C)[C@@H](CC3CC3)C(=O)N[C@@H]([C@@H](C)CC)C(=O)N(C)CC(=O)N(C)[C@H]3C/C=C\CCN(C3=O)[C@@H](CC3CCC(C(F)(F)F)CC3)C(=O)N(C)CC(=O)N[C@@H](CCC3CCC(C(F)(F)F)C(OC)C3)C(=O)N2C1. The van der Waals surface area contributed by atoms with Crippen LogP contribution in [0.15, 0.2) is 12.2 Å². The second-order valence-corrected chi connectivity index (χ2v) is 32.0. The number of fused-ring (bicyclic) bond motifs is 4. The highest BCUT2D eigenvalue weighted by molar-refractivity contribution is 6.00. The van der Waals surface area contributed by atoms with E-state index in [4.69, 9.17) is 9.47 Å². The van der Waals surface area contributed by atoms with Crippen LogP contribution in [0.4, 0.5) is 26.3 Å². The van der Waals surface area contributed by atoms with Gasteiger partial charge in [-0.1, -0.05) is 58.1 Å². The quantitative estimate of drug-likeness (QED) is 0.125. The van der Waals surface area contributed by atoms with Crippen molar-refractivity contribution in [3.8, 4) is 0 Å². The van der Waals surface area contributed by atoms with Gasteiger partial charge in [-0.3, -0.25) is 52.7 Å². The van der Waals surface area contributed by atoms with Crippen LogP contribution in [0.5, 0.6) is 0 Å². The van der Waals surface area contributed by atoms with Gasteiger partial charge in [-0.25, -0.2) is 0 Å². The molecule has 0 radical (unpaired) electrons. The molecule has 8 fully saturated rings. The fourth-order valence-corrected chi connectivity index (χ4v) is 17.9. The van der Waals surface area contributed by atoms with E-state index in [1.54, 1.807) is 45.0 Å². The van der Waals surface area contributed by atoms with E-state index in [-0.39, 0.29) is 140 Å². The number of ether oxygens (including phenoxy) is 2. The fraction of sp³-hybridized carbons (Fsp3) is 0.827. The number of hydrogen-bond acceptors (Lipinski definition) is 13. The number of carbonyl (C=O) groups is 11. The first kappa shape index (κ1) is 82.5. The zero-order valence-corrected chi connectivity index (χ0v) is 63.0. The minimum Gasteiger partial charge on any atom is -0.381 e. The van der Waals surface area contributed by atoms with E-state index >= 15 is 28.8 Å². The van der Waals surface area contributed by atoms with Crippen LogP contribution in [0.25, 0.3) is 0 Å². The third kappa shape index (κ3) is 19.8. The van der Waals surface area contributed by atoms with Crippen molar-refractivity contribution in [3.63, 3.8) is 0 Å². The molecular weight excluding hydrogens is 1380 g/mol. The summed E-state index contributed by atoms with van der Waals surface area (Å²) in [6.07, 6.45) is -0.954. The first-order valence-electron chi connectivity index (χ1n) is 38.7. The summed E-state index contributed by atoms with van der Waals surface area (Å²) < 4.78 is 96.8. The van der Waals surface area contributed by atoms with Crippen LogP contribution in [0, 0.1) is 41.4 Å². The smallest absolute Gasteiger partial charge is 0.381 e. The number of nitrogens with zero attached hydrogens (tertiary/aromatic N) is 8. The van der Waals surface area contributed by atoms with E-state index in [1.165, 1.54) is 52.8 Å². The largest absolute Gasteiger partial charge is 0.394 e. The van der Waals surface area contributed by atoms with E-state index in [9.17, 15) is 50.3 Å². The van der Waals surface area contributed by atoms with Crippen molar-refractivity contribution in [1.82, 2.24) is 55.1 Å². The Morgan fingerprint density at radius 1 is 0.590 bits per heavy atom. The lowest BCUT2D eigenvalue weighted by molar-refractivity contribution is -0.215. The first-order chi connectivity index (χ1) is 49.7. The number of halogens is 6. The predicted octanol–water partition coefficient (Wildman–Crippen LogP) is 6.91. The minimum absolute atomic E-state index is 0.0201. The van der Waals surface area contributed by atoms with Crippen LogP contribution in [-0.2, 0) is 62.2 Å². The lowest BCUT2D eigenvalue weighted by atomic mass is 9.74. The number of alkyl halides is 6. The van der Waals surface area contributed by atoms with Crippen molar-refractivity contribution in [1.29, 1.82) is 0 Å². The maximum absolute atomic E-state index is 15.6. The number of nitrogens with one attached hydrogen (secondary N) is 3. The number of methoxy groups -OCH3 is 1. The molecule has 4 heterocycles. The molecule has 0 aromatic rings. The molecule has 3 unspecified atom stereocenters. The zero-order chi connectivity index (χ0) is 76.6. The van der Waals surface area contributed by atoms with Gasteiger partial charge in [-0.05, 0) is 165 Å². The van der Waals surface area contributed by atoms with E-state index < -0.39 is 180 Å². The summed E-state index contributed by atoms with van der Waals surface area (Å²) in [6, 6.07) is -9.25. The average molecular weight is 1490 g/mol. The van der Waals surface area contributed by atoms with Crippen LogP contribution in [0.3, 0.4) is 0 Å². The van der Waals surface area contributed by atoms with Crippen molar-refractivity contribution in [2.75, 3.05) is 81.7 Å². The van der Waals surface area contributed by atoms with Crippen molar-refractivity contribution < 1.29 is 88.6 Å². The van der Waals surface area contributed by atoms with E-state index in [0.29, 0.717) is 51.5 Å². The van der Waals surface area contributed by atoms with Gasteiger partial charge in [-0.2, -0.15) is 26.3 Å². The molecule has 24 nitrogen and oxygen atoms in total. The number of likely N-dealkylation sites (N-methyl/N-ethyl adjacent to an activating group) is 5. The molecule has 1 spiro atoms. The van der Waals surface area contributed by atoms with E-state index in [2.05, 4.69) is 16.0 Å². The normalized spacial score (nSPS) is 33.1. The minimum atomic E-state index is -4.54. The summed E-state index contributed by atoms with van der Waals surface area (Å²) in [5, 5.41) is 8.82. The highest BCUT2D eigenvalue weighted by Gasteiger charge is 2.55. The van der Waals surface area contributed by atoms with Gasteiger partial charge in [0.25, 0.3) is 0 Å². The summed E-state index contributed by atoms with van der Waals surface area (Å²) in [7, 11) is 8.40. The van der Waals surface area contributed by atoms with Gasteiger partial charge in [0.1, 0.15) is 47.8 Å². The zero-order valence-electron chi connectivity index (χ0n) is 63.0.